The molecular weight excluding hydrogens is 372 g/mol. The Morgan fingerprint density at radius 1 is 1.14 bits per heavy atom. The molecule has 0 saturated carbocycles. The van der Waals surface area contributed by atoms with Crippen molar-refractivity contribution in [1.82, 2.24) is 9.97 Å². The highest BCUT2D eigenvalue weighted by atomic mass is 32.2. The van der Waals surface area contributed by atoms with Crippen LogP contribution in [0, 0.1) is 27.7 Å². The number of aromatic nitrogens is 2. The summed E-state index contributed by atoms with van der Waals surface area (Å²) in [4.78, 5) is 32.7. The fourth-order valence-corrected chi connectivity index (χ4v) is 4.19. The maximum atomic E-state index is 12.8. The molecule has 1 aromatic carbocycles. The summed E-state index contributed by atoms with van der Waals surface area (Å²) in [6.45, 7) is 9.71. The lowest BCUT2D eigenvalue weighted by Crippen LogP contribution is -2.08. The van der Waals surface area contributed by atoms with Crippen molar-refractivity contribution in [2.75, 3.05) is 12.4 Å². The Morgan fingerprint density at radius 2 is 1.89 bits per heavy atom. The summed E-state index contributed by atoms with van der Waals surface area (Å²) in [5, 5.41) is 1.95. The number of Topliss-reactive ketones (excluding diaryl/α,β-unsaturated/α-hetero) is 1. The van der Waals surface area contributed by atoms with Crippen molar-refractivity contribution in [2.45, 2.75) is 39.6 Å². The van der Waals surface area contributed by atoms with Crippen LogP contribution in [0.5, 0.6) is 0 Å². The SMILES string of the molecule is CCOC(=O)c1c(C)[nH]c(C(=O)CSc2cc(C)c3cccc(C)c3n2)c1C. The van der Waals surface area contributed by atoms with Crippen LogP contribution in [-0.4, -0.2) is 34.1 Å². The van der Waals surface area contributed by atoms with E-state index in [0.29, 0.717) is 29.1 Å². The Morgan fingerprint density at radius 3 is 2.61 bits per heavy atom. The number of esters is 1. The van der Waals surface area contributed by atoms with Crippen molar-refractivity contribution < 1.29 is 14.3 Å². The van der Waals surface area contributed by atoms with E-state index in [4.69, 9.17) is 9.72 Å². The van der Waals surface area contributed by atoms with Crippen LogP contribution >= 0.6 is 11.8 Å². The number of nitrogens with zero attached hydrogens (tertiary/aromatic N) is 1. The zero-order chi connectivity index (χ0) is 20.4. The van der Waals surface area contributed by atoms with Gasteiger partial charge in [0.05, 0.1) is 34.2 Å². The number of ketones is 1. The number of pyridine rings is 1. The van der Waals surface area contributed by atoms with Crippen LogP contribution in [0.25, 0.3) is 10.9 Å². The highest BCUT2D eigenvalue weighted by Gasteiger charge is 2.23. The monoisotopic (exact) mass is 396 g/mol. The van der Waals surface area contributed by atoms with Crippen molar-refractivity contribution in [3.05, 3.63) is 57.9 Å². The van der Waals surface area contributed by atoms with Crippen molar-refractivity contribution in [2.24, 2.45) is 0 Å². The van der Waals surface area contributed by atoms with Crippen molar-refractivity contribution in [3.63, 3.8) is 0 Å². The van der Waals surface area contributed by atoms with Crippen molar-refractivity contribution in [3.8, 4) is 0 Å². The molecule has 0 atom stereocenters. The van der Waals surface area contributed by atoms with E-state index in [9.17, 15) is 9.59 Å². The van der Waals surface area contributed by atoms with Gasteiger partial charge in [-0.2, -0.15) is 0 Å². The second kappa shape index (κ2) is 8.19. The second-order valence-corrected chi connectivity index (χ2v) is 7.80. The number of aryl methyl sites for hydroxylation is 3. The number of hydrogen-bond donors (Lipinski definition) is 1. The van der Waals surface area contributed by atoms with Gasteiger partial charge in [0.15, 0.2) is 5.78 Å². The topological polar surface area (TPSA) is 72.1 Å². The van der Waals surface area contributed by atoms with Crippen molar-refractivity contribution >= 4 is 34.4 Å². The van der Waals surface area contributed by atoms with Crippen LogP contribution < -0.4 is 0 Å². The molecule has 0 radical (unpaired) electrons. The van der Waals surface area contributed by atoms with Gasteiger partial charge in [0.1, 0.15) is 0 Å². The molecule has 3 aromatic rings. The fourth-order valence-electron chi connectivity index (χ4n) is 3.35. The molecule has 0 aliphatic rings. The summed E-state index contributed by atoms with van der Waals surface area (Å²) in [6, 6.07) is 8.14. The number of nitrogens with one attached hydrogen (secondary N) is 1. The molecule has 3 rings (SSSR count). The van der Waals surface area contributed by atoms with E-state index >= 15 is 0 Å². The number of carbonyl (C=O) groups excluding carboxylic acids is 2. The maximum absolute atomic E-state index is 12.8. The standard InChI is InChI=1S/C22H24N2O3S/c1-6-27-22(26)19-14(4)21(23-15(19)5)17(25)11-28-18-10-13(3)16-9-7-8-12(2)20(16)24-18/h7-10,23H,6,11H2,1-5H3. The summed E-state index contributed by atoms with van der Waals surface area (Å²) in [5.74, 6) is -0.222. The van der Waals surface area contributed by atoms with Gasteiger partial charge in [-0.25, -0.2) is 9.78 Å². The molecule has 0 spiro atoms. The van der Waals surface area contributed by atoms with Gasteiger partial charge in [0.25, 0.3) is 0 Å². The highest BCUT2D eigenvalue weighted by molar-refractivity contribution is 7.99. The molecule has 0 bridgehead atoms. The highest BCUT2D eigenvalue weighted by Crippen LogP contribution is 2.27. The van der Waals surface area contributed by atoms with E-state index in [-0.39, 0.29) is 11.5 Å². The summed E-state index contributed by atoms with van der Waals surface area (Å²) in [6.07, 6.45) is 0. The van der Waals surface area contributed by atoms with E-state index in [0.717, 1.165) is 27.1 Å². The Balaban J connectivity index is 1.82. The van der Waals surface area contributed by atoms with Gasteiger partial charge in [-0.05, 0) is 57.4 Å². The smallest absolute Gasteiger partial charge is 0.340 e. The predicted molar refractivity (Wildman–Crippen MR) is 112 cm³/mol. The lowest BCUT2D eigenvalue weighted by molar-refractivity contribution is 0.0525. The quantitative estimate of drug-likeness (QED) is 0.363. The summed E-state index contributed by atoms with van der Waals surface area (Å²) >= 11 is 1.41. The van der Waals surface area contributed by atoms with Crippen LogP contribution in [-0.2, 0) is 4.74 Å². The number of benzene rings is 1. The lowest BCUT2D eigenvalue weighted by atomic mass is 10.1. The molecule has 146 valence electrons. The number of hydrogen-bond acceptors (Lipinski definition) is 5. The number of aromatic amines is 1. The average molecular weight is 397 g/mol. The molecule has 2 heterocycles. The van der Waals surface area contributed by atoms with Crippen LogP contribution in [0.1, 0.15) is 50.2 Å². The predicted octanol–water partition coefficient (Wildman–Crippen LogP) is 4.95. The minimum Gasteiger partial charge on any atom is -0.462 e. The van der Waals surface area contributed by atoms with E-state index < -0.39 is 5.97 Å². The maximum Gasteiger partial charge on any atom is 0.340 e. The molecule has 5 nitrogen and oxygen atoms in total. The third kappa shape index (κ3) is 3.83. The van der Waals surface area contributed by atoms with E-state index in [1.54, 1.807) is 20.8 Å². The van der Waals surface area contributed by atoms with E-state index in [1.807, 2.05) is 25.1 Å². The molecule has 0 unspecified atom stereocenters. The largest absolute Gasteiger partial charge is 0.462 e. The van der Waals surface area contributed by atoms with E-state index in [2.05, 4.69) is 18.0 Å². The average Bonchev–Trinajstić information content (AvgIpc) is 2.95. The first-order chi connectivity index (χ1) is 13.3. The zero-order valence-corrected chi connectivity index (χ0v) is 17.6. The molecule has 6 heteroatoms. The van der Waals surface area contributed by atoms with Crippen LogP contribution in [0.2, 0.25) is 0 Å². The summed E-state index contributed by atoms with van der Waals surface area (Å²) in [7, 11) is 0. The molecule has 0 aliphatic heterocycles. The molecule has 0 aliphatic carbocycles. The minimum atomic E-state index is -0.400. The van der Waals surface area contributed by atoms with Crippen LogP contribution in [0.4, 0.5) is 0 Å². The number of carbonyl (C=O) groups is 2. The third-order valence-electron chi connectivity index (χ3n) is 4.77. The Labute approximate surface area is 168 Å². The molecule has 0 saturated heterocycles. The van der Waals surface area contributed by atoms with Crippen LogP contribution in [0.3, 0.4) is 0 Å². The normalized spacial score (nSPS) is 11.0. The number of thioether (sulfide) groups is 1. The van der Waals surface area contributed by atoms with Gasteiger partial charge < -0.3 is 9.72 Å². The summed E-state index contributed by atoms with van der Waals surface area (Å²) in [5.41, 5.74) is 5.42. The fraction of sp³-hybridized carbons (Fsp3) is 0.318. The summed E-state index contributed by atoms with van der Waals surface area (Å²) < 4.78 is 5.09. The van der Waals surface area contributed by atoms with Gasteiger partial charge in [-0.15, -0.1) is 0 Å². The Bertz CT molecular complexity index is 1070. The first-order valence-electron chi connectivity index (χ1n) is 9.22. The number of rotatable bonds is 6. The van der Waals surface area contributed by atoms with Gasteiger partial charge in [0, 0.05) is 11.1 Å². The third-order valence-corrected chi connectivity index (χ3v) is 5.68. The number of fused-ring (bicyclic) bond motifs is 1. The molecule has 28 heavy (non-hydrogen) atoms. The zero-order valence-electron chi connectivity index (χ0n) is 16.8. The molecule has 0 fully saturated rings. The van der Waals surface area contributed by atoms with Crippen molar-refractivity contribution in [1.29, 1.82) is 0 Å². The van der Waals surface area contributed by atoms with Gasteiger partial charge in [0.2, 0.25) is 0 Å². The number of ether oxygens (including phenoxy) is 1. The molecular formula is C22H24N2O3S. The van der Waals surface area contributed by atoms with Gasteiger partial charge in [-0.1, -0.05) is 30.0 Å². The Kier molecular flexibility index (Phi) is 5.89. The number of H-pyrrole nitrogens is 1. The number of para-hydroxylation sites is 1. The van der Waals surface area contributed by atoms with Crippen LogP contribution in [0.15, 0.2) is 29.3 Å². The minimum absolute atomic E-state index is 0.0644. The van der Waals surface area contributed by atoms with Gasteiger partial charge in [-0.3, -0.25) is 4.79 Å². The van der Waals surface area contributed by atoms with E-state index in [1.165, 1.54) is 11.8 Å². The Hall–Kier alpha value is -2.60. The molecule has 0 amide bonds. The van der Waals surface area contributed by atoms with Gasteiger partial charge >= 0.3 is 5.97 Å². The second-order valence-electron chi connectivity index (χ2n) is 6.81. The molecule has 1 N–H and O–H groups in total. The first-order valence-corrected chi connectivity index (χ1v) is 10.2. The lowest BCUT2D eigenvalue weighted by Gasteiger charge is -2.08. The first kappa shape index (κ1) is 20.1. The molecule has 2 aromatic heterocycles.